The van der Waals surface area contributed by atoms with Crippen LogP contribution in [0.1, 0.15) is 23.9 Å². The van der Waals surface area contributed by atoms with E-state index in [-0.39, 0.29) is 12.5 Å². The van der Waals surface area contributed by atoms with Gasteiger partial charge in [-0.3, -0.25) is 4.79 Å². The van der Waals surface area contributed by atoms with Gasteiger partial charge in [0.2, 0.25) is 11.7 Å². The standard InChI is InChI=1S/C15H19N5O2/c1-11-6-4-5-7-12(11)8-9-13(21)16-15(2,10-22-3)14-17-19-20-18-14/h4-9H,10H2,1-3H3,(H,16,21)(H,17,18,19,20)/b9-8+. The number of aromatic amines is 1. The van der Waals surface area contributed by atoms with E-state index in [2.05, 4.69) is 25.9 Å². The number of aromatic nitrogens is 4. The van der Waals surface area contributed by atoms with E-state index in [0.717, 1.165) is 11.1 Å². The maximum Gasteiger partial charge on any atom is 0.244 e. The Morgan fingerprint density at radius 2 is 2.23 bits per heavy atom. The number of hydrogen-bond acceptors (Lipinski definition) is 5. The third-order valence-electron chi connectivity index (χ3n) is 3.27. The van der Waals surface area contributed by atoms with E-state index >= 15 is 0 Å². The number of hydrogen-bond donors (Lipinski definition) is 2. The lowest BCUT2D eigenvalue weighted by Gasteiger charge is -2.25. The maximum atomic E-state index is 12.2. The van der Waals surface area contributed by atoms with E-state index in [1.165, 1.54) is 6.08 Å². The Kier molecular flexibility index (Phi) is 5.00. The monoisotopic (exact) mass is 301 g/mol. The average Bonchev–Trinajstić information content (AvgIpc) is 3.01. The van der Waals surface area contributed by atoms with Crippen LogP contribution >= 0.6 is 0 Å². The zero-order chi connectivity index (χ0) is 16.0. The SMILES string of the molecule is COCC(C)(NC(=O)/C=C/c1ccccc1C)c1nn[nH]n1. The van der Waals surface area contributed by atoms with Crippen molar-refractivity contribution in [2.45, 2.75) is 19.4 Å². The summed E-state index contributed by atoms with van der Waals surface area (Å²) in [4.78, 5) is 12.2. The number of carbonyl (C=O) groups excluding carboxylic acids is 1. The smallest absolute Gasteiger partial charge is 0.244 e. The molecule has 0 bridgehead atoms. The molecule has 0 saturated heterocycles. The fourth-order valence-corrected chi connectivity index (χ4v) is 2.09. The van der Waals surface area contributed by atoms with Crippen molar-refractivity contribution < 1.29 is 9.53 Å². The zero-order valence-corrected chi connectivity index (χ0v) is 12.8. The van der Waals surface area contributed by atoms with Gasteiger partial charge in [-0.15, -0.1) is 10.2 Å². The fraction of sp³-hybridized carbons (Fsp3) is 0.333. The topological polar surface area (TPSA) is 92.8 Å². The summed E-state index contributed by atoms with van der Waals surface area (Å²) in [6.07, 6.45) is 3.25. The largest absolute Gasteiger partial charge is 0.382 e. The van der Waals surface area contributed by atoms with E-state index in [0.29, 0.717) is 5.82 Å². The predicted octanol–water partition coefficient (Wildman–Crippen LogP) is 1.20. The molecule has 0 aliphatic carbocycles. The summed E-state index contributed by atoms with van der Waals surface area (Å²) < 4.78 is 5.15. The molecule has 1 aromatic heterocycles. The van der Waals surface area contributed by atoms with Gasteiger partial charge < -0.3 is 10.1 Å². The van der Waals surface area contributed by atoms with Crippen LogP contribution in [0, 0.1) is 6.92 Å². The van der Waals surface area contributed by atoms with Crippen molar-refractivity contribution in [1.82, 2.24) is 25.9 Å². The van der Waals surface area contributed by atoms with Crippen LogP contribution in [0.4, 0.5) is 0 Å². The van der Waals surface area contributed by atoms with Gasteiger partial charge in [-0.25, -0.2) is 0 Å². The zero-order valence-electron chi connectivity index (χ0n) is 12.8. The molecule has 1 unspecified atom stereocenters. The first-order valence-electron chi connectivity index (χ1n) is 6.84. The molecule has 0 aliphatic heterocycles. The van der Waals surface area contributed by atoms with Gasteiger partial charge in [-0.05, 0) is 31.1 Å². The number of aryl methyl sites for hydroxylation is 1. The van der Waals surface area contributed by atoms with Crippen LogP contribution in [0.25, 0.3) is 6.08 Å². The molecule has 1 aromatic carbocycles. The van der Waals surface area contributed by atoms with E-state index in [4.69, 9.17) is 4.74 Å². The first-order valence-corrected chi connectivity index (χ1v) is 6.84. The molecule has 1 amide bonds. The number of rotatable bonds is 6. The second-order valence-electron chi connectivity index (χ2n) is 5.18. The van der Waals surface area contributed by atoms with E-state index < -0.39 is 5.54 Å². The Morgan fingerprint density at radius 3 is 2.86 bits per heavy atom. The quantitative estimate of drug-likeness (QED) is 0.782. The third-order valence-corrected chi connectivity index (χ3v) is 3.27. The number of ether oxygens (including phenoxy) is 1. The van der Waals surface area contributed by atoms with Gasteiger partial charge in [0.05, 0.1) is 6.61 Å². The lowest BCUT2D eigenvalue weighted by Crippen LogP contribution is -2.47. The Labute approximate surface area is 128 Å². The predicted molar refractivity (Wildman–Crippen MR) is 81.8 cm³/mol. The number of amides is 1. The van der Waals surface area contributed by atoms with E-state index in [9.17, 15) is 4.79 Å². The van der Waals surface area contributed by atoms with Crippen LogP contribution in [0.2, 0.25) is 0 Å². The Balaban J connectivity index is 2.11. The normalized spacial score (nSPS) is 14.0. The molecule has 116 valence electrons. The van der Waals surface area contributed by atoms with Gasteiger partial charge in [0, 0.05) is 13.2 Å². The maximum absolute atomic E-state index is 12.2. The number of nitrogens with zero attached hydrogens (tertiary/aromatic N) is 3. The van der Waals surface area contributed by atoms with Crippen LogP contribution in [-0.4, -0.2) is 40.2 Å². The number of nitrogens with one attached hydrogen (secondary N) is 2. The molecule has 2 rings (SSSR count). The summed E-state index contributed by atoms with van der Waals surface area (Å²) >= 11 is 0. The second kappa shape index (κ2) is 6.95. The molecule has 1 atom stereocenters. The number of carbonyl (C=O) groups is 1. The molecule has 7 nitrogen and oxygen atoms in total. The average molecular weight is 301 g/mol. The van der Waals surface area contributed by atoms with Crippen molar-refractivity contribution in [3.05, 3.63) is 47.3 Å². The Bertz CT molecular complexity index is 654. The third kappa shape index (κ3) is 3.76. The summed E-state index contributed by atoms with van der Waals surface area (Å²) in [5, 5.41) is 16.6. The van der Waals surface area contributed by atoms with E-state index in [1.807, 2.05) is 31.2 Å². The molecule has 0 fully saturated rings. The molecule has 1 heterocycles. The van der Waals surface area contributed by atoms with Crippen molar-refractivity contribution in [3.63, 3.8) is 0 Å². The van der Waals surface area contributed by atoms with Gasteiger partial charge in [0.1, 0.15) is 5.54 Å². The van der Waals surface area contributed by atoms with E-state index in [1.54, 1.807) is 20.1 Å². The van der Waals surface area contributed by atoms with Crippen molar-refractivity contribution in [2.24, 2.45) is 0 Å². The van der Waals surface area contributed by atoms with Crippen molar-refractivity contribution in [2.75, 3.05) is 13.7 Å². The lowest BCUT2D eigenvalue weighted by atomic mass is 10.0. The molecule has 0 aliphatic rings. The summed E-state index contributed by atoms with van der Waals surface area (Å²) in [5.41, 5.74) is 1.24. The van der Waals surface area contributed by atoms with Crippen molar-refractivity contribution in [1.29, 1.82) is 0 Å². The molecule has 2 N–H and O–H groups in total. The molecule has 0 saturated carbocycles. The Morgan fingerprint density at radius 1 is 1.45 bits per heavy atom. The summed E-state index contributed by atoms with van der Waals surface area (Å²) in [6, 6.07) is 7.83. The van der Waals surface area contributed by atoms with Crippen molar-refractivity contribution >= 4 is 12.0 Å². The van der Waals surface area contributed by atoms with Gasteiger partial charge in [0.15, 0.2) is 0 Å². The molecular formula is C15H19N5O2. The minimum atomic E-state index is -0.852. The Hall–Kier alpha value is -2.54. The second-order valence-corrected chi connectivity index (χ2v) is 5.18. The van der Waals surface area contributed by atoms with Crippen LogP contribution in [0.3, 0.4) is 0 Å². The number of tetrazole rings is 1. The van der Waals surface area contributed by atoms with Crippen LogP contribution in [0.15, 0.2) is 30.3 Å². The highest BCUT2D eigenvalue weighted by Gasteiger charge is 2.32. The van der Waals surface area contributed by atoms with Crippen LogP contribution in [0.5, 0.6) is 0 Å². The highest BCUT2D eigenvalue weighted by molar-refractivity contribution is 5.92. The molecule has 0 spiro atoms. The van der Waals surface area contributed by atoms with Gasteiger partial charge >= 0.3 is 0 Å². The molecule has 2 aromatic rings. The fourth-order valence-electron chi connectivity index (χ4n) is 2.09. The minimum absolute atomic E-state index is 0.233. The van der Waals surface area contributed by atoms with Gasteiger partial charge in [-0.1, -0.05) is 29.5 Å². The number of benzene rings is 1. The lowest BCUT2D eigenvalue weighted by molar-refractivity contribution is -0.119. The summed E-state index contributed by atoms with van der Waals surface area (Å²) in [7, 11) is 1.55. The first kappa shape index (κ1) is 15.8. The highest BCUT2D eigenvalue weighted by Crippen LogP contribution is 2.16. The van der Waals surface area contributed by atoms with Crippen LogP contribution in [-0.2, 0) is 15.1 Å². The van der Waals surface area contributed by atoms with Gasteiger partial charge in [-0.2, -0.15) is 5.21 Å². The molecule has 0 radical (unpaired) electrons. The van der Waals surface area contributed by atoms with Gasteiger partial charge in [0.25, 0.3) is 0 Å². The minimum Gasteiger partial charge on any atom is -0.382 e. The highest BCUT2D eigenvalue weighted by atomic mass is 16.5. The summed E-state index contributed by atoms with van der Waals surface area (Å²) in [6.45, 7) is 4.00. The molecular weight excluding hydrogens is 282 g/mol. The first-order chi connectivity index (χ1) is 10.5. The molecule has 22 heavy (non-hydrogen) atoms. The number of methoxy groups -OCH3 is 1. The van der Waals surface area contributed by atoms with Crippen LogP contribution < -0.4 is 5.32 Å². The number of H-pyrrole nitrogens is 1. The van der Waals surface area contributed by atoms with Crippen molar-refractivity contribution in [3.8, 4) is 0 Å². The summed E-state index contributed by atoms with van der Waals surface area (Å²) in [5.74, 6) is 0.111. The molecule has 7 heteroatoms.